The van der Waals surface area contributed by atoms with Gasteiger partial charge in [-0.05, 0) is 16.7 Å². The Hall–Kier alpha value is -1.02. The molecule has 1 aromatic carbocycles. The zero-order valence-electron chi connectivity index (χ0n) is 6.28. The smallest absolute Gasteiger partial charge is 0.0743 e. The van der Waals surface area contributed by atoms with Crippen LogP contribution in [-0.2, 0) is 17.4 Å². The van der Waals surface area contributed by atoms with Crippen molar-refractivity contribution < 1.29 is 4.74 Å². The van der Waals surface area contributed by atoms with Crippen molar-refractivity contribution in [3.8, 4) is 0 Å². The zero-order valence-corrected chi connectivity index (χ0v) is 7.10. The number of hydrogen-bond acceptors (Lipinski definition) is 2. The van der Waals surface area contributed by atoms with Gasteiger partial charge in [-0.15, -0.1) is 0 Å². The van der Waals surface area contributed by atoms with Gasteiger partial charge in [-0.3, -0.25) is 0 Å². The van der Waals surface area contributed by atoms with Crippen LogP contribution >= 0.6 is 0 Å². The minimum atomic E-state index is 0.510. The number of benzene rings is 1. The lowest BCUT2D eigenvalue weighted by molar-refractivity contribution is 0.329. The summed E-state index contributed by atoms with van der Waals surface area (Å²) in [5.74, 6) is 0. The van der Waals surface area contributed by atoms with Crippen molar-refractivity contribution in [1.82, 2.24) is 0 Å². The Morgan fingerprint density at radius 3 is 2.55 bits per heavy atom. The summed E-state index contributed by atoms with van der Waals surface area (Å²) in [6.45, 7) is 0. The minimum Gasteiger partial charge on any atom is -0.742 e. The van der Waals surface area contributed by atoms with Crippen LogP contribution in [0.4, 0.5) is 0 Å². The monoisotopic (exact) mass is 165 g/mol. The van der Waals surface area contributed by atoms with E-state index >= 15 is 0 Å². The van der Waals surface area contributed by atoms with Gasteiger partial charge in [0.25, 0.3) is 0 Å². The first kappa shape index (κ1) is 8.08. The van der Waals surface area contributed by atoms with Gasteiger partial charge in [-0.25, -0.2) is 0 Å². The standard InChI is InChI=1S/C9H10OS/c1-10-9(11)7-8-5-3-2-4-6-8/h2-7,11H,1H3/p-1/b9-7+. The maximum atomic E-state index is 4.86. The minimum absolute atomic E-state index is 0.510. The summed E-state index contributed by atoms with van der Waals surface area (Å²) in [5, 5.41) is 0.510. The second kappa shape index (κ2) is 3.98. The summed E-state index contributed by atoms with van der Waals surface area (Å²) in [5.41, 5.74) is 1.07. The molecule has 0 heterocycles. The highest BCUT2D eigenvalue weighted by atomic mass is 32.1. The van der Waals surface area contributed by atoms with Crippen LogP contribution < -0.4 is 0 Å². The van der Waals surface area contributed by atoms with E-state index in [1.54, 1.807) is 7.11 Å². The van der Waals surface area contributed by atoms with E-state index in [1.807, 2.05) is 36.4 Å². The largest absolute Gasteiger partial charge is 0.742 e. The van der Waals surface area contributed by atoms with E-state index in [9.17, 15) is 0 Å². The molecule has 0 unspecified atom stereocenters. The molecule has 0 saturated heterocycles. The first-order chi connectivity index (χ1) is 5.33. The summed E-state index contributed by atoms with van der Waals surface area (Å²) < 4.78 is 4.83. The average Bonchev–Trinajstić information content (AvgIpc) is 2.06. The third kappa shape index (κ3) is 2.60. The Kier molecular flexibility index (Phi) is 2.93. The van der Waals surface area contributed by atoms with Crippen molar-refractivity contribution >= 4 is 18.7 Å². The lowest BCUT2D eigenvalue weighted by Gasteiger charge is -2.09. The van der Waals surface area contributed by atoms with Gasteiger partial charge < -0.3 is 17.4 Å². The molecule has 0 radical (unpaired) electrons. The van der Waals surface area contributed by atoms with Gasteiger partial charge in [0.15, 0.2) is 0 Å². The lowest BCUT2D eigenvalue weighted by atomic mass is 10.2. The molecule has 11 heavy (non-hydrogen) atoms. The van der Waals surface area contributed by atoms with E-state index in [2.05, 4.69) is 0 Å². The molecule has 1 nitrogen and oxygen atoms in total. The van der Waals surface area contributed by atoms with Crippen LogP contribution in [0.1, 0.15) is 5.56 Å². The fourth-order valence-corrected chi connectivity index (χ4v) is 0.880. The molecule has 0 bridgehead atoms. The Balaban J connectivity index is 2.79. The Bertz CT molecular complexity index is 241. The number of rotatable bonds is 2. The van der Waals surface area contributed by atoms with Crippen LogP contribution in [-0.4, -0.2) is 7.11 Å². The van der Waals surface area contributed by atoms with Gasteiger partial charge in [0, 0.05) is 0 Å². The second-order valence-electron chi connectivity index (χ2n) is 2.08. The highest BCUT2D eigenvalue weighted by Crippen LogP contribution is 2.04. The fraction of sp³-hybridized carbons (Fsp3) is 0.111. The Morgan fingerprint density at radius 2 is 2.00 bits per heavy atom. The van der Waals surface area contributed by atoms with Gasteiger partial charge in [0.2, 0.25) is 0 Å². The Labute approximate surface area is 72.1 Å². The topological polar surface area (TPSA) is 9.23 Å². The second-order valence-corrected chi connectivity index (χ2v) is 2.48. The van der Waals surface area contributed by atoms with Crippen molar-refractivity contribution in [1.29, 1.82) is 0 Å². The molecule has 0 spiro atoms. The summed E-state index contributed by atoms with van der Waals surface area (Å²) in [4.78, 5) is 0. The van der Waals surface area contributed by atoms with Crippen LogP contribution in [0, 0.1) is 0 Å². The van der Waals surface area contributed by atoms with E-state index < -0.39 is 0 Å². The van der Waals surface area contributed by atoms with Gasteiger partial charge in [0.1, 0.15) is 0 Å². The molecule has 0 aromatic heterocycles. The maximum absolute atomic E-state index is 4.86. The van der Waals surface area contributed by atoms with Crippen molar-refractivity contribution in [2.24, 2.45) is 0 Å². The summed E-state index contributed by atoms with van der Waals surface area (Å²) in [7, 11) is 1.57. The molecule has 0 aliphatic heterocycles. The van der Waals surface area contributed by atoms with E-state index in [1.165, 1.54) is 0 Å². The maximum Gasteiger partial charge on any atom is 0.0743 e. The molecule has 0 amide bonds. The van der Waals surface area contributed by atoms with Crippen LogP contribution in [0.25, 0.3) is 6.08 Å². The quantitative estimate of drug-likeness (QED) is 0.490. The lowest BCUT2D eigenvalue weighted by Crippen LogP contribution is -1.79. The predicted octanol–water partition coefficient (Wildman–Crippen LogP) is 2.18. The van der Waals surface area contributed by atoms with Crippen molar-refractivity contribution in [3.63, 3.8) is 0 Å². The molecular weight excluding hydrogens is 156 g/mol. The van der Waals surface area contributed by atoms with Gasteiger partial charge >= 0.3 is 0 Å². The van der Waals surface area contributed by atoms with E-state index in [0.717, 1.165) is 5.56 Å². The summed E-state index contributed by atoms with van der Waals surface area (Å²) in [6, 6.07) is 9.85. The molecule has 2 heteroatoms. The van der Waals surface area contributed by atoms with Crippen LogP contribution in [0.3, 0.4) is 0 Å². The van der Waals surface area contributed by atoms with Gasteiger partial charge in [-0.2, -0.15) is 0 Å². The number of ether oxygens (including phenoxy) is 1. The van der Waals surface area contributed by atoms with Crippen LogP contribution in [0.15, 0.2) is 35.4 Å². The molecular formula is C9H9OS-. The molecule has 0 atom stereocenters. The molecule has 58 valence electrons. The van der Waals surface area contributed by atoms with E-state index in [-0.39, 0.29) is 0 Å². The number of methoxy groups -OCH3 is 1. The van der Waals surface area contributed by atoms with Crippen molar-refractivity contribution in [3.05, 3.63) is 41.0 Å². The molecule has 0 N–H and O–H groups in total. The molecule has 1 aromatic rings. The van der Waals surface area contributed by atoms with Gasteiger partial charge in [-0.1, -0.05) is 30.3 Å². The third-order valence-corrected chi connectivity index (χ3v) is 1.57. The summed E-state index contributed by atoms with van der Waals surface area (Å²) in [6.07, 6.45) is 1.81. The van der Waals surface area contributed by atoms with E-state index in [4.69, 9.17) is 17.4 Å². The first-order valence-corrected chi connectivity index (χ1v) is 3.71. The van der Waals surface area contributed by atoms with Crippen LogP contribution in [0.5, 0.6) is 0 Å². The van der Waals surface area contributed by atoms with E-state index in [0.29, 0.717) is 5.09 Å². The molecule has 0 aliphatic rings. The fourth-order valence-electron chi connectivity index (χ4n) is 0.744. The normalized spacial score (nSPS) is 11.2. The molecule has 0 aliphatic carbocycles. The summed E-state index contributed by atoms with van der Waals surface area (Å²) >= 11 is 4.86. The average molecular weight is 165 g/mol. The van der Waals surface area contributed by atoms with Crippen molar-refractivity contribution in [2.75, 3.05) is 7.11 Å². The highest BCUT2D eigenvalue weighted by molar-refractivity contribution is 7.63. The Morgan fingerprint density at radius 1 is 1.36 bits per heavy atom. The predicted molar refractivity (Wildman–Crippen MR) is 48.8 cm³/mol. The number of hydrogen-bond donors (Lipinski definition) is 0. The molecule has 0 saturated carbocycles. The van der Waals surface area contributed by atoms with Crippen LogP contribution in [0.2, 0.25) is 0 Å². The first-order valence-electron chi connectivity index (χ1n) is 3.30. The zero-order chi connectivity index (χ0) is 8.10. The molecule has 0 fully saturated rings. The highest BCUT2D eigenvalue weighted by Gasteiger charge is 1.81. The van der Waals surface area contributed by atoms with Crippen molar-refractivity contribution in [2.45, 2.75) is 0 Å². The molecule has 1 rings (SSSR count). The SMILES string of the molecule is CO/C([S-])=C\c1ccccc1. The third-order valence-electron chi connectivity index (χ3n) is 1.29. The van der Waals surface area contributed by atoms with Gasteiger partial charge in [0.05, 0.1) is 7.11 Å².